The molecule has 0 aliphatic carbocycles. The smallest absolute Gasteiger partial charge is 0.453 e. The lowest BCUT2D eigenvalue weighted by Gasteiger charge is -2.26. The molecule has 0 saturated carbocycles. The van der Waals surface area contributed by atoms with Gasteiger partial charge >= 0.3 is 18.6 Å². The minimum Gasteiger partial charge on any atom is -0.453 e. The third-order valence-electron chi connectivity index (χ3n) is 5.31. The predicted octanol–water partition coefficient (Wildman–Crippen LogP) is 4.73. The van der Waals surface area contributed by atoms with Crippen molar-refractivity contribution in [3.63, 3.8) is 0 Å². The largest absolute Gasteiger partial charge is 0.573 e. The fourth-order valence-electron chi connectivity index (χ4n) is 3.66. The van der Waals surface area contributed by atoms with Crippen LogP contribution in [0.4, 0.5) is 36.8 Å². The lowest BCUT2D eigenvalue weighted by Crippen LogP contribution is -2.42. The van der Waals surface area contributed by atoms with Gasteiger partial charge in [-0.25, -0.2) is 9.78 Å². The number of benzene rings is 1. The Labute approximate surface area is 205 Å². The zero-order valence-corrected chi connectivity index (χ0v) is 19.0. The third-order valence-corrected chi connectivity index (χ3v) is 5.31. The molecule has 0 unspecified atom stereocenters. The second-order valence-electron chi connectivity index (χ2n) is 7.88. The molecule has 4 rings (SSSR count). The van der Waals surface area contributed by atoms with E-state index < -0.39 is 46.8 Å². The van der Waals surface area contributed by atoms with Crippen LogP contribution in [0.1, 0.15) is 5.56 Å². The topological polar surface area (TPSA) is 101 Å². The number of hydrogen-bond acceptors (Lipinski definition) is 6. The molecule has 37 heavy (non-hydrogen) atoms. The molecule has 0 bridgehead atoms. The van der Waals surface area contributed by atoms with Crippen LogP contribution >= 0.6 is 0 Å². The van der Waals surface area contributed by atoms with E-state index >= 15 is 0 Å². The minimum absolute atomic E-state index is 0.0621. The number of H-pyrrole nitrogens is 1. The number of aromatic amines is 1. The number of anilines is 1. The molecule has 2 amide bonds. The van der Waals surface area contributed by atoms with Crippen LogP contribution < -0.4 is 20.1 Å². The van der Waals surface area contributed by atoms with Crippen molar-refractivity contribution in [2.75, 3.05) is 44.7 Å². The molecule has 200 valence electrons. The summed E-state index contributed by atoms with van der Waals surface area (Å²) in [6.45, 7) is 3.48. The number of carbonyl (C=O) groups excluding carboxylic acids is 1. The summed E-state index contributed by atoms with van der Waals surface area (Å²) in [6.07, 6.45) is -8.10. The van der Waals surface area contributed by atoms with Gasteiger partial charge < -0.3 is 29.8 Å². The van der Waals surface area contributed by atoms with E-state index in [2.05, 4.69) is 30.2 Å². The summed E-state index contributed by atoms with van der Waals surface area (Å²) in [4.78, 5) is 20.4. The normalized spacial score (nSPS) is 15.0. The monoisotopic (exact) mass is 533 g/mol. The maximum absolute atomic E-state index is 13.4. The van der Waals surface area contributed by atoms with Crippen LogP contribution in [0.3, 0.4) is 0 Å². The van der Waals surface area contributed by atoms with Gasteiger partial charge in [0.2, 0.25) is 0 Å². The highest BCUT2D eigenvalue weighted by atomic mass is 19.4. The Morgan fingerprint density at radius 3 is 2.54 bits per heavy atom. The van der Waals surface area contributed by atoms with Crippen LogP contribution in [0.5, 0.6) is 17.2 Å². The Hall–Kier alpha value is -3.72. The van der Waals surface area contributed by atoms with Crippen molar-refractivity contribution in [1.29, 1.82) is 0 Å². The molecular formula is C22H21F6N5O4. The highest BCUT2D eigenvalue weighted by Crippen LogP contribution is 2.42. The van der Waals surface area contributed by atoms with Gasteiger partial charge in [-0.3, -0.25) is 4.90 Å². The van der Waals surface area contributed by atoms with Crippen LogP contribution in [0.25, 0.3) is 11.0 Å². The Morgan fingerprint density at radius 2 is 1.84 bits per heavy atom. The first-order chi connectivity index (χ1) is 17.5. The second kappa shape index (κ2) is 10.7. The Bertz CT molecular complexity index is 1240. The number of nitrogens with zero attached hydrogens (tertiary/aromatic N) is 2. The SMILES string of the molecule is O=C(NCCN1CCOCC1)Nc1ccc(Oc2ccnc3[nH]cc(C(F)(F)F)c23)c(OC(F)(F)F)c1. The number of aromatic nitrogens is 2. The Kier molecular flexibility index (Phi) is 7.63. The van der Waals surface area contributed by atoms with Crippen LogP contribution in [-0.4, -0.2) is 66.7 Å². The molecule has 15 heteroatoms. The molecule has 1 aliphatic rings. The van der Waals surface area contributed by atoms with Crippen molar-refractivity contribution in [2.45, 2.75) is 12.5 Å². The van der Waals surface area contributed by atoms with Crippen molar-refractivity contribution in [3.8, 4) is 17.2 Å². The van der Waals surface area contributed by atoms with Crippen LogP contribution in [-0.2, 0) is 10.9 Å². The highest BCUT2D eigenvalue weighted by molar-refractivity contribution is 5.90. The lowest BCUT2D eigenvalue weighted by molar-refractivity contribution is -0.275. The quantitative estimate of drug-likeness (QED) is 0.380. The highest BCUT2D eigenvalue weighted by Gasteiger charge is 2.36. The predicted molar refractivity (Wildman–Crippen MR) is 119 cm³/mol. The summed E-state index contributed by atoms with van der Waals surface area (Å²) in [5.41, 5.74) is -1.33. The van der Waals surface area contributed by atoms with E-state index in [1.807, 2.05) is 0 Å². The van der Waals surface area contributed by atoms with E-state index in [0.29, 0.717) is 26.0 Å². The van der Waals surface area contributed by atoms with Crippen molar-refractivity contribution in [2.24, 2.45) is 0 Å². The molecule has 1 saturated heterocycles. The van der Waals surface area contributed by atoms with Gasteiger partial charge in [-0.2, -0.15) is 13.2 Å². The first kappa shape index (κ1) is 26.3. The number of carbonyl (C=O) groups is 1. The van der Waals surface area contributed by atoms with Crippen molar-refractivity contribution in [1.82, 2.24) is 20.2 Å². The summed E-state index contributed by atoms with van der Waals surface area (Å²) < 4.78 is 94.1. The van der Waals surface area contributed by atoms with Crippen LogP contribution in [0, 0.1) is 0 Å². The van der Waals surface area contributed by atoms with Crippen molar-refractivity contribution in [3.05, 3.63) is 42.2 Å². The maximum atomic E-state index is 13.4. The van der Waals surface area contributed by atoms with Gasteiger partial charge in [0.25, 0.3) is 0 Å². The average molecular weight is 533 g/mol. The number of ether oxygens (including phenoxy) is 3. The standard InChI is InChI=1S/C22H21F6N5O4/c23-21(24,25)14-12-31-19-18(14)16(3-4-29-19)36-15-2-1-13(11-17(15)37-22(26,27)28)32-20(34)30-5-6-33-7-9-35-10-8-33/h1-4,11-12H,5-10H2,(H,29,31)(H2,30,32,34). The van der Waals surface area contributed by atoms with E-state index in [4.69, 9.17) is 9.47 Å². The van der Waals surface area contributed by atoms with E-state index in [9.17, 15) is 31.1 Å². The average Bonchev–Trinajstić information content (AvgIpc) is 3.26. The maximum Gasteiger partial charge on any atom is 0.573 e. The number of fused-ring (bicyclic) bond motifs is 1. The molecular weight excluding hydrogens is 512 g/mol. The molecule has 9 nitrogen and oxygen atoms in total. The summed E-state index contributed by atoms with van der Waals surface area (Å²) >= 11 is 0. The number of pyridine rings is 1. The van der Waals surface area contributed by atoms with Crippen molar-refractivity contribution >= 4 is 22.8 Å². The van der Waals surface area contributed by atoms with E-state index in [-0.39, 0.29) is 17.9 Å². The van der Waals surface area contributed by atoms with Crippen LogP contribution in [0.15, 0.2) is 36.7 Å². The molecule has 0 radical (unpaired) electrons. The van der Waals surface area contributed by atoms with Gasteiger partial charge in [0, 0.05) is 50.3 Å². The zero-order valence-electron chi connectivity index (χ0n) is 19.0. The second-order valence-corrected chi connectivity index (χ2v) is 7.88. The minimum atomic E-state index is -5.14. The fourth-order valence-corrected chi connectivity index (χ4v) is 3.66. The van der Waals surface area contributed by atoms with E-state index in [1.165, 1.54) is 6.07 Å². The molecule has 3 heterocycles. The first-order valence-electron chi connectivity index (χ1n) is 11.0. The first-order valence-corrected chi connectivity index (χ1v) is 11.0. The summed E-state index contributed by atoms with van der Waals surface area (Å²) in [5, 5.41) is 4.52. The summed E-state index contributed by atoms with van der Waals surface area (Å²) in [6, 6.07) is 3.52. The zero-order chi connectivity index (χ0) is 26.6. The lowest BCUT2D eigenvalue weighted by atomic mass is 10.2. The number of amides is 2. The van der Waals surface area contributed by atoms with Gasteiger partial charge in [0.15, 0.2) is 11.5 Å². The van der Waals surface area contributed by atoms with Gasteiger partial charge in [-0.05, 0) is 18.2 Å². The Morgan fingerprint density at radius 1 is 1.08 bits per heavy atom. The molecule has 1 aromatic carbocycles. The number of urea groups is 1. The van der Waals surface area contributed by atoms with Gasteiger partial charge in [-0.1, -0.05) is 0 Å². The number of halogens is 6. The number of alkyl halides is 6. The van der Waals surface area contributed by atoms with E-state index in [0.717, 1.165) is 37.5 Å². The number of morpholine rings is 1. The summed E-state index contributed by atoms with van der Waals surface area (Å²) in [7, 11) is 0. The molecule has 3 N–H and O–H groups in total. The fraction of sp³-hybridized carbons (Fsp3) is 0.364. The molecule has 0 atom stereocenters. The number of nitrogens with one attached hydrogen (secondary N) is 3. The van der Waals surface area contributed by atoms with Gasteiger partial charge in [0.1, 0.15) is 11.4 Å². The number of hydrogen-bond donors (Lipinski definition) is 3. The molecule has 2 aromatic heterocycles. The summed E-state index contributed by atoms with van der Waals surface area (Å²) in [5.74, 6) is -1.79. The van der Waals surface area contributed by atoms with Crippen molar-refractivity contribution < 1.29 is 45.3 Å². The van der Waals surface area contributed by atoms with E-state index in [1.54, 1.807) is 0 Å². The number of rotatable bonds is 7. The molecule has 1 aliphatic heterocycles. The van der Waals surface area contributed by atoms with Gasteiger partial charge in [0.05, 0.1) is 24.2 Å². The molecule has 3 aromatic rings. The van der Waals surface area contributed by atoms with Gasteiger partial charge in [-0.15, -0.1) is 13.2 Å². The Balaban J connectivity index is 1.52. The molecule has 1 fully saturated rings. The molecule has 0 spiro atoms. The van der Waals surface area contributed by atoms with Crippen LogP contribution in [0.2, 0.25) is 0 Å². The third kappa shape index (κ3) is 6.95.